The Morgan fingerprint density at radius 3 is 2.53 bits per heavy atom. The van der Waals surface area contributed by atoms with Crippen LogP contribution in [0.1, 0.15) is 40.0 Å². The van der Waals surface area contributed by atoms with Crippen molar-refractivity contribution in [2.45, 2.75) is 62.1 Å². The van der Waals surface area contributed by atoms with Crippen molar-refractivity contribution in [3.05, 3.63) is 23.6 Å². The second-order valence-corrected chi connectivity index (χ2v) is 11.3. The van der Waals surface area contributed by atoms with Crippen molar-refractivity contribution in [1.82, 2.24) is 0 Å². The van der Waals surface area contributed by atoms with Gasteiger partial charge in [0.05, 0.1) is 16.1 Å². The molecule has 0 aromatic rings. The van der Waals surface area contributed by atoms with Crippen LogP contribution in [0, 0.1) is 28.6 Å². The van der Waals surface area contributed by atoms with Crippen molar-refractivity contribution >= 4 is 46.4 Å². The maximum atomic E-state index is 15.4. The molecule has 30 heavy (non-hydrogen) atoms. The molecule has 4 aliphatic carbocycles. The molecule has 166 valence electrons. The molecular formula is C22H25Cl3F2O3. The van der Waals surface area contributed by atoms with Crippen LogP contribution >= 0.6 is 34.8 Å². The van der Waals surface area contributed by atoms with Gasteiger partial charge in [0, 0.05) is 16.4 Å². The van der Waals surface area contributed by atoms with Gasteiger partial charge in [-0.2, -0.15) is 0 Å². The van der Waals surface area contributed by atoms with Crippen molar-refractivity contribution in [3.8, 4) is 0 Å². The zero-order valence-corrected chi connectivity index (χ0v) is 19.3. The van der Waals surface area contributed by atoms with Crippen LogP contribution in [0.4, 0.5) is 8.78 Å². The summed E-state index contributed by atoms with van der Waals surface area (Å²) in [6.45, 7) is 5.22. The minimum Gasteiger partial charge on any atom is -0.381 e. The average Bonchev–Trinajstić information content (AvgIpc) is 2.88. The van der Waals surface area contributed by atoms with Crippen LogP contribution in [-0.2, 0) is 9.59 Å². The smallest absolute Gasteiger partial charge is 0.213 e. The van der Waals surface area contributed by atoms with E-state index in [-0.39, 0.29) is 30.2 Å². The van der Waals surface area contributed by atoms with Crippen molar-refractivity contribution in [2.24, 2.45) is 28.6 Å². The zero-order valence-electron chi connectivity index (χ0n) is 17.0. The molecule has 9 atom stereocenters. The number of ketones is 2. The molecule has 0 heterocycles. The second-order valence-electron chi connectivity index (χ2n) is 9.86. The van der Waals surface area contributed by atoms with E-state index >= 15 is 4.39 Å². The van der Waals surface area contributed by atoms with E-state index in [0.29, 0.717) is 6.42 Å². The summed E-state index contributed by atoms with van der Waals surface area (Å²) in [5.41, 5.74) is -4.19. The molecule has 8 heteroatoms. The van der Waals surface area contributed by atoms with Gasteiger partial charge in [-0.05, 0) is 43.1 Å². The van der Waals surface area contributed by atoms with Gasteiger partial charge in [-0.3, -0.25) is 9.59 Å². The maximum absolute atomic E-state index is 15.4. The lowest BCUT2D eigenvalue weighted by Crippen LogP contribution is -2.69. The van der Waals surface area contributed by atoms with Crippen molar-refractivity contribution in [1.29, 1.82) is 0 Å². The Hall–Kier alpha value is -0.490. The third-order valence-corrected chi connectivity index (χ3v) is 10.6. The predicted octanol–water partition coefficient (Wildman–Crippen LogP) is 4.90. The van der Waals surface area contributed by atoms with Crippen LogP contribution in [0.5, 0.6) is 0 Å². The SMILES string of the molecule is C[C@@H]1C[C@H]2[C@@H]3C[C@H](F)C4=C(F)C(=O)C=C[C@]4(C)[C@@]3(Cl)[C@@H](Cl)C[C@]2(C)[C@@]1(O)C(=O)CCl. The molecule has 0 saturated heterocycles. The first kappa shape index (κ1) is 22.7. The Kier molecular flexibility index (Phi) is 5.11. The molecule has 4 aliphatic rings. The highest BCUT2D eigenvalue weighted by atomic mass is 35.5. The first-order valence-corrected chi connectivity index (χ1v) is 11.6. The van der Waals surface area contributed by atoms with Crippen LogP contribution in [0.15, 0.2) is 23.6 Å². The zero-order chi connectivity index (χ0) is 22.4. The molecule has 0 bridgehead atoms. The van der Waals surface area contributed by atoms with E-state index in [1.54, 1.807) is 20.8 Å². The molecule has 1 N–H and O–H groups in total. The van der Waals surface area contributed by atoms with E-state index in [0.717, 1.165) is 6.08 Å². The standard InChI is InChI=1S/C22H25Cl3F2O3/c1-10-6-11-12-7-13(26)17-18(27)14(28)4-5-19(17,2)21(12,25)15(24)8-20(11,3)22(10,30)16(29)9-23/h4-5,10-13,15,30H,6-9H2,1-3H3/t10-,11+,12+,13+,15+,19+,20+,21+,22+/m1/s1. The summed E-state index contributed by atoms with van der Waals surface area (Å²) < 4.78 is 30.2. The summed E-state index contributed by atoms with van der Waals surface area (Å²) in [7, 11) is 0. The van der Waals surface area contributed by atoms with Crippen molar-refractivity contribution < 1.29 is 23.5 Å². The summed E-state index contributed by atoms with van der Waals surface area (Å²) in [6, 6.07) is 0. The molecule has 0 amide bonds. The lowest BCUT2D eigenvalue weighted by Gasteiger charge is -2.64. The Bertz CT molecular complexity index is 891. The minimum atomic E-state index is -1.71. The quantitative estimate of drug-likeness (QED) is 0.571. The molecule has 0 unspecified atom stereocenters. The first-order chi connectivity index (χ1) is 13.8. The Labute approximate surface area is 189 Å². The van der Waals surface area contributed by atoms with E-state index in [4.69, 9.17) is 34.8 Å². The average molecular weight is 482 g/mol. The number of alkyl halides is 4. The molecule has 3 nitrogen and oxygen atoms in total. The number of fused-ring (bicyclic) bond motifs is 5. The molecule has 0 spiro atoms. The van der Waals surface area contributed by atoms with Crippen LogP contribution in [-0.4, -0.2) is 44.6 Å². The fourth-order valence-corrected chi connectivity index (χ4v) is 8.66. The van der Waals surface area contributed by atoms with Gasteiger partial charge in [-0.1, -0.05) is 26.8 Å². The fourth-order valence-electron chi connectivity index (χ4n) is 7.26. The van der Waals surface area contributed by atoms with E-state index in [1.807, 2.05) is 0 Å². The van der Waals surface area contributed by atoms with Gasteiger partial charge in [0.25, 0.3) is 0 Å². The van der Waals surface area contributed by atoms with Crippen LogP contribution < -0.4 is 0 Å². The topological polar surface area (TPSA) is 54.4 Å². The Morgan fingerprint density at radius 1 is 1.30 bits per heavy atom. The summed E-state index contributed by atoms with van der Waals surface area (Å²) in [6.07, 6.45) is 1.38. The maximum Gasteiger partial charge on any atom is 0.213 e. The molecule has 0 aromatic carbocycles. The number of carbonyl (C=O) groups is 2. The Morgan fingerprint density at radius 2 is 1.93 bits per heavy atom. The van der Waals surface area contributed by atoms with Gasteiger partial charge in [-0.25, -0.2) is 8.78 Å². The summed E-state index contributed by atoms with van der Waals surface area (Å²) >= 11 is 20.0. The van der Waals surface area contributed by atoms with E-state index < -0.39 is 62.1 Å². The van der Waals surface area contributed by atoms with Gasteiger partial charge >= 0.3 is 0 Å². The molecule has 4 rings (SSSR count). The fraction of sp³-hybridized carbons (Fsp3) is 0.727. The van der Waals surface area contributed by atoms with Crippen LogP contribution in [0.3, 0.4) is 0 Å². The third-order valence-electron chi connectivity index (χ3n) is 8.79. The molecule has 3 fully saturated rings. The first-order valence-electron chi connectivity index (χ1n) is 10.2. The van der Waals surface area contributed by atoms with Crippen LogP contribution in [0.2, 0.25) is 0 Å². The third kappa shape index (κ3) is 2.36. The lowest BCUT2D eigenvalue weighted by molar-refractivity contribution is -0.163. The van der Waals surface area contributed by atoms with Gasteiger partial charge < -0.3 is 5.11 Å². The van der Waals surface area contributed by atoms with E-state index in [1.165, 1.54) is 6.08 Å². The highest BCUT2D eigenvalue weighted by Gasteiger charge is 2.75. The predicted molar refractivity (Wildman–Crippen MR) is 112 cm³/mol. The normalized spacial score (nSPS) is 52.7. The molecule has 3 saturated carbocycles. The Balaban J connectivity index is 1.89. The summed E-state index contributed by atoms with van der Waals surface area (Å²) in [4.78, 5) is 23.4. The van der Waals surface area contributed by atoms with E-state index in [9.17, 15) is 19.1 Å². The minimum absolute atomic E-state index is 0.121. The monoisotopic (exact) mass is 480 g/mol. The van der Waals surface area contributed by atoms with Crippen molar-refractivity contribution in [3.63, 3.8) is 0 Å². The molecule has 0 aliphatic heterocycles. The van der Waals surface area contributed by atoms with E-state index in [2.05, 4.69) is 0 Å². The summed E-state index contributed by atoms with van der Waals surface area (Å²) in [5.74, 6) is -4.04. The number of carbonyl (C=O) groups excluding carboxylic acids is 2. The number of rotatable bonds is 2. The number of halogens is 5. The molecule has 0 radical (unpaired) electrons. The number of hydrogen-bond acceptors (Lipinski definition) is 3. The molecular weight excluding hydrogens is 457 g/mol. The highest BCUT2D eigenvalue weighted by molar-refractivity contribution is 6.34. The second kappa shape index (κ2) is 6.76. The van der Waals surface area contributed by atoms with Crippen molar-refractivity contribution in [2.75, 3.05) is 5.88 Å². The van der Waals surface area contributed by atoms with Gasteiger partial charge in [-0.15, -0.1) is 34.8 Å². The highest BCUT2D eigenvalue weighted by Crippen LogP contribution is 2.72. The largest absolute Gasteiger partial charge is 0.381 e. The number of hydrogen-bond donors (Lipinski definition) is 1. The number of aliphatic hydroxyl groups is 1. The number of Topliss-reactive ketones (excluding diaryl/α,β-unsaturated/α-hetero) is 1. The number of allylic oxidation sites excluding steroid dienone is 4. The lowest BCUT2D eigenvalue weighted by atomic mass is 9.46. The van der Waals surface area contributed by atoms with Crippen LogP contribution in [0.25, 0.3) is 0 Å². The molecule has 0 aromatic heterocycles. The summed E-state index contributed by atoms with van der Waals surface area (Å²) in [5, 5.41) is 10.8. The van der Waals surface area contributed by atoms with Gasteiger partial charge in [0.15, 0.2) is 11.6 Å². The van der Waals surface area contributed by atoms with Gasteiger partial charge in [0.1, 0.15) is 11.8 Å². The van der Waals surface area contributed by atoms with Gasteiger partial charge in [0.2, 0.25) is 5.78 Å².